The van der Waals surface area contributed by atoms with E-state index in [0.29, 0.717) is 5.75 Å². The van der Waals surface area contributed by atoms with Crippen molar-refractivity contribution in [2.45, 2.75) is 70.6 Å². The smallest absolute Gasteiger partial charge is 0.417 e. The third kappa shape index (κ3) is 6.37. The topological polar surface area (TPSA) is 72.9 Å². The van der Waals surface area contributed by atoms with Crippen LogP contribution >= 0.6 is 11.8 Å². The van der Waals surface area contributed by atoms with E-state index in [4.69, 9.17) is 9.16 Å². The largest absolute Gasteiger partial charge is 0.445 e. The molecular formula is C25H37NO5SSi. The molecular weight excluding hydrogens is 454 g/mol. The fourth-order valence-corrected chi connectivity index (χ4v) is 6.00. The van der Waals surface area contributed by atoms with Gasteiger partial charge in [-0.3, -0.25) is 9.59 Å². The summed E-state index contributed by atoms with van der Waals surface area (Å²) in [6.45, 7) is 17.9. The van der Waals surface area contributed by atoms with E-state index < -0.39 is 38.4 Å². The lowest BCUT2D eigenvalue weighted by Crippen LogP contribution is -2.70. The van der Waals surface area contributed by atoms with Gasteiger partial charge in [0, 0.05) is 11.7 Å². The molecule has 6 nitrogen and oxygen atoms in total. The number of β-lactam (4-membered cyclic amide) rings is 1. The van der Waals surface area contributed by atoms with Crippen molar-refractivity contribution in [1.82, 2.24) is 4.90 Å². The van der Waals surface area contributed by atoms with E-state index in [-0.39, 0.29) is 22.7 Å². The van der Waals surface area contributed by atoms with Gasteiger partial charge in [0.15, 0.2) is 13.4 Å². The molecule has 0 unspecified atom stereocenters. The van der Waals surface area contributed by atoms with Crippen molar-refractivity contribution in [3.63, 3.8) is 0 Å². The van der Waals surface area contributed by atoms with Crippen LogP contribution in [-0.2, 0) is 24.5 Å². The second kappa shape index (κ2) is 11.0. The Labute approximate surface area is 203 Å². The molecule has 1 aromatic carbocycles. The van der Waals surface area contributed by atoms with Crippen LogP contribution in [0.15, 0.2) is 43.0 Å². The van der Waals surface area contributed by atoms with Gasteiger partial charge in [-0.05, 0) is 30.6 Å². The fraction of sp³-hybridized carbons (Fsp3) is 0.560. The van der Waals surface area contributed by atoms with Gasteiger partial charge in [-0.15, -0.1) is 0 Å². The second-order valence-electron chi connectivity index (χ2n) is 10.1. The highest BCUT2D eigenvalue weighted by Crippen LogP contribution is 2.42. The molecule has 2 amide bonds. The number of carbonyl (C=O) groups excluding carboxylic acids is 3. The van der Waals surface area contributed by atoms with Crippen molar-refractivity contribution in [3.8, 4) is 0 Å². The van der Waals surface area contributed by atoms with Gasteiger partial charge >= 0.3 is 6.09 Å². The molecule has 33 heavy (non-hydrogen) atoms. The van der Waals surface area contributed by atoms with Crippen LogP contribution < -0.4 is 0 Å². The number of benzene rings is 1. The summed E-state index contributed by atoms with van der Waals surface area (Å²) in [4.78, 5) is 39.9. The van der Waals surface area contributed by atoms with Gasteiger partial charge in [0.1, 0.15) is 6.61 Å². The van der Waals surface area contributed by atoms with E-state index >= 15 is 0 Å². The Kier molecular flexibility index (Phi) is 9.13. The minimum Gasteiger partial charge on any atom is -0.445 e. The van der Waals surface area contributed by atoms with E-state index in [9.17, 15) is 14.4 Å². The highest BCUT2D eigenvalue weighted by atomic mass is 32.2. The first-order valence-corrected chi connectivity index (χ1v) is 15.2. The molecule has 1 heterocycles. The Morgan fingerprint density at radius 2 is 1.82 bits per heavy atom. The number of hydrogen-bond acceptors (Lipinski definition) is 6. The van der Waals surface area contributed by atoms with Crippen LogP contribution in [0.3, 0.4) is 0 Å². The minimum absolute atomic E-state index is 0.00110. The van der Waals surface area contributed by atoms with E-state index in [2.05, 4.69) is 40.4 Å². The van der Waals surface area contributed by atoms with Crippen LogP contribution in [0, 0.1) is 11.8 Å². The molecule has 1 saturated heterocycles. The van der Waals surface area contributed by atoms with Gasteiger partial charge in [-0.1, -0.05) is 82.4 Å². The van der Waals surface area contributed by atoms with Crippen molar-refractivity contribution in [2.24, 2.45) is 11.8 Å². The van der Waals surface area contributed by atoms with Gasteiger partial charge in [-0.2, -0.15) is 0 Å². The normalized spacial score (nSPS) is 20.6. The summed E-state index contributed by atoms with van der Waals surface area (Å²) in [5.74, 6) is -0.949. The van der Waals surface area contributed by atoms with Gasteiger partial charge in [0.25, 0.3) is 0 Å². The monoisotopic (exact) mass is 491 g/mol. The SMILES string of the molecule is C=CCOC(=O)N1C(=O)[C@H]([C@@H](C)O[Si](C)(C)C(C)(C)C)[C@H]1[C@@H](C)C(=O)SCc1ccccc1. The van der Waals surface area contributed by atoms with Gasteiger partial charge in [0.2, 0.25) is 5.91 Å². The van der Waals surface area contributed by atoms with Gasteiger partial charge < -0.3 is 9.16 Å². The number of nitrogens with zero attached hydrogens (tertiary/aromatic N) is 1. The molecule has 0 saturated carbocycles. The third-order valence-corrected chi connectivity index (χ3v) is 12.3. The zero-order valence-corrected chi connectivity index (χ0v) is 22.6. The molecule has 0 spiro atoms. The molecule has 8 heteroatoms. The van der Waals surface area contributed by atoms with E-state index in [1.165, 1.54) is 17.8 Å². The standard InChI is InChI=1S/C25H37NO5SSi/c1-9-15-30-24(29)26-21(17(2)23(28)32-16-19-13-11-10-12-14-19)20(22(26)27)18(3)31-33(7,8)25(4,5)6/h9-14,17-18,20-21H,1,15-16H2,2-8H3/t17-,18-,20-,21-/m1/s1. The summed E-state index contributed by atoms with van der Waals surface area (Å²) in [5.41, 5.74) is 1.04. The van der Waals surface area contributed by atoms with Crippen LogP contribution in [0.5, 0.6) is 0 Å². The Morgan fingerprint density at radius 1 is 1.21 bits per heavy atom. The van der Waals surface area contributed by atoms with Gasteiger partial charge in [-0.25, -0.2) is 9.69 Å². The van der Waals surface area contributed by atoms with Crippen molar-refractivity contribution < 1.29 is 23.5 Å². The molecule has 1 aliphatic heterocycles. The zero-order valence-electron chi connectivity index (χ0n) is 20.8. The maximum Gasteiger partial charge on any atom is 0.417 e. The molecule has 0 aromatic heterocycles. The average molecular weight is 492 g/mol. The lowest BCUT2D eigenvalue weighted by Gasteiger charge is -2.51. The number of ether oxygens (including phenoxy) is 1. The Balaban J connectivity index is 2.21. The lowest BCUT2D eigenvalue weighted by atomic mass is 9.77. The number of imide groups is 1. The molecule has 1 fully saturated rings. The molecule has 4 atom stereocenters. The molecule has 0 N–H and O–H groups in total. The minimum atomic E-state index is -2.15. The molecule has 0 radical (unpaired) electrons. The van der Waals surface area contributed by atoms with Crippen LogP contribution in [0.2, 0.25) is 18.1 Å². The van der Waals surface area contributed by atoms with E-state index in [0.717, 1.165) is 10.5 Å². The highest BCUT2D eigenvalue weighted by molar-refractivity contribution is 8.13. The second-order valence-corrected chi connectivity index (χ2v) is 15.8. The van der Waals surface area contributed by atoms with Crippen molar-refractivity contribution in [2.75, 3.05) is 6.61 Å². The molecule has 1 aromatic rings. The highest BCUT2D eigenvalue weighted by Gasteiger charge is 2.58. The fourth-order valence-electron chi connectivity index (χ4n) is 3.67. The average Bonchev–Trinajstić information content (AvgIpc) is 2.73. The number of rotatable bonds is 9. The summed E-state index contributed by atoms with van der Waals surface area (Å²) in [6, 6.07) is 9.12. The zero-order chi connectivity index (χ0) is 25.0. The number of likely N-dealkylation sites (tertiary alicyclic amines) is 1. The molecule has 2 rings (SSSR count). The summed E-state index contributed by atoms with van der Waals surface area (Å²) in [6.07, 6.45) is 0.289. The predicted molar refractivity (Wildman–Crippen MR) is 135 cm³/mol. The molecule has 182 valence electrons. The van der Waals surface area contributed by atoms with E-state index in [1.807, 2.05) is 37.3 Å². The lowest BCUT2D eigenvalue weighted by molar-refractivity contribution is -0.163. The number of hydrogen-bond donors (Lipinski definition) is 0. The van der Waals surface area contributed by atoms with Crippen LogP contribution in [-0.4, -0.2) is 49.1 Å². The number of amides is 2. The first-order valence-electron chi connectivity index (χ1n) is 11.3. The Hall–Kier alpha value is -1.90. The first kappa shape index (κ1) is 27.3. The van der Waals surface area contributed by atoms with Crippen LogP contribution in [0.1, 0.15) is 40.2 Å². The molecule has 1 aliphatic rings. The summed E-state index contributed by atoms with van der Waals surface area (Å²) in [5, 5.41) is -0.0959. The third-order valence-electron chi connectivity index (χ3n) is 6.61. The first-order chi connectivity index (χ1) is 15.3. The Bertz CT molecular complexity index is 867. The molecule has 0 aliphatic carbocycles. The summed E-state index contributed by atoms with van der Waals surface area (Å²) >= 11 is 1.20. The summed E-state index contributed by atoms with van der Waals surface area (Å²) < 4.78 is 11.6. The number of carbonyl (C=O) groups is 3. The molecule has 0 bridgehead atoms. The van der Waals surface area contributed by atoms with Crippen molar-refractivity contribution >= 4 is 37.2 Å². The maximum atomic E-state index is 13.1. The van der Waals surface area contributed by atoms with Crippen LogP contribution in [0.4, 0.5) is 4.79 Å². The predicted octanol–water partition coefficient (Wildman–Crippen LogP) is 5.64. The van der Waals surface area contributed by atoms with Crippen molar-refractivity contribution in [3.05, 3.63) is 48.6 Å². The number of thioether (sulfide) groups is 1. The van der Waals surface area contributed by atoms with Crippen LogP contribution in [0.25, 0.3) is 0 Å². The van der Waals surface area contributed by atoms with Crippen molar-refractivity contribution in [1.29, 1.82) is 0 Å². The maximum absolute atomic E-state index is 13.1. The van der Waals surface area contributed by atoms with E-state index in [1.54, 1.807) is 6.92 Å². The van der Waals surface area contributed by atoms with Gasteiger partial charge in [0.05, 0.1) is 18.1 Å². The quantitative estimate of drug-likeness (QED) is 0.253. The summed E-state index contributed by atoms with van der Waals surface area (Å²) in [7, 11) is -2.15. The Morgan fingerprint density at radius 3 is 2.36 bits per heavy atom.